The van der Waals surface area contributed by atoms with Crippen LogP contribution in [0.15, 0.2) is 10.7 Å². The van der Waals surface area contributed by atoms with Crippen LogP contribution < -0.4 is 5.73 Å². The molecule has 0 spiro atoms. The number of nitrogens with zero attached hydrogens (tertiary/aromatic N) is 1. The largest absolute Gasteiger partial charge is 0.466 e. The fourth-order valence-electron chi connectivity index (χ4n) is 1.27. The van der Waals surface area contributed by atoms with Crippen LogP contribution in [0.3, 0.4) is 0 Å². The lowest BCUT2D eigenvalue weighted by Crippen LogP contribution is -2.12. The van der Waals surface area contributed by atoms with Crippen molar-refractivity contribution in [1.29, 1.82) is 0 Å². The molecule has 0 aromatic carbocycles. The Balaban J connectivity index is 3.02. The van der Waals surface area contributed by atoms with Gasteiger partial charge in [-0.2, -0.15) is 0 Å². The summed E-state index contributed by atoms with van der Waals surface area (Å²) in [6.07, 6.45) is -1.74. The second-order valence-corrected chi connectivity index (χ2v) is 4.02. The molecule has 0 bridgehead atoms. The number of rotatable bonds is 4. The van der Waals surface area contributed by atoms with Gasteiger partial charge in [0.2, 0.25) is 0 Å². The molecule has 94 valence electrons. The number of carbonyl (C=O) groups excluding carboxylic acids is 1. The highest BCUT2D eigenvalue weighted by molar-refractivity contribution is 9.10. The fraction of sp³-hybridized carbons (Fsp3) is 0.400. The number of nitrogens with two attached hydrogens (primary N) is 1. The molecule has 1 aromatic rings. The van der Waals surface area contributed by atoms with Crippen molar-refractivity contribution in [2.24, 2.45) is 0 Å². The normalized spacial score (nSPS) is 10.6. The third-order valence-electron chi connectivity index (χ3n) is 2.03. The average molecular weight is 309 g/mol. The van der Waals surface area contributed by atoms with E-state index in [0.29, 0.717) is 0 Å². The van der Waals surface area contributed by atoms with Gasteiger partial charge in [0.05, 0.1) is 30.0 Å². The van der Waals surface area contributed by atoms with Crippen molar-refractivity contribution in [3.05, 3.63) is 21.9 Å². The topological polar surface area (TPSA) is 65.2 Å². The lowest BCUT2D eigenvalue weighted by atomic mass is 10.1. The SMILES string of the molecule is CCOC(=O)Cc1ncc(Br)c(C(F)F)c1N. The minimum atomic E-state index is -2.73. The van der Waals surface area contributed by atoms with Crippen LogP contribution in [0.2, 0.25) is 0 Å². The van der Waals surface area contributed by atoms with E-state index in [1.54, 1.807) is 6.92 Å². The molecule has 0 amide bonds. The third kappa shape index (κ3) is 3.36. The molecule has 1 aromatic heterocycles. The molecular weight excluding hydrogens is 298 g/mol. The van der Waals surface area contributed by atoms with Gasteiger partial charge in [-0.15, -0.1) is 0 Å². The van der Waals surface area contributed by atoms with E-state index in [9.17, 15) is 13.6 Å². The molecular formula is C10H11BrF2N2O2. The summed E-state index contributed by atoms with van der Waals surface area (Å²) < 4.78 is 30.2. The zero-order valence-corrected chi connectivity index (χ0v) is 10.6. The van der Waals surface area contributed by atoms with Gasteiger partial charge >= 0.3 is 5.97 Å². The van der Waals surface area contributed by atoms with Crippen molar-refractivity contribution in [2.75, 3.05) is 12.3 Å². The van der Waals surface area contributed by atoms with E-state index in [4.69, 9.17) is 10.5 Å². The average Bonchev–Trinajstić information content (AvgIpc) is 2.22. The molecule has 0 atom stereocenters. The number of aromatic nitrogens is 1. The van der Waals surface area contributed by atoms with Gasteiger partial charge in [-0.25, -0.2) is 8.78 Å². The molecule has 1 heterocycles. The maximum atomic E-state index is 12.7. The van der Waals surface area contributed by atoms with Gasteiger partial charge in [-0.3, -0.25) is 9.78 Å². The molecule has 0 aliphatic rings. The standard InChI is InChI=1S/C10H11BrF2N2O2/c1-2-17-7(16)3-6-9(14)8(10(12)13)5(11)4-15-6/h4,10H,2-3,14H2,1H3. The molecule has 0 aliphatic carbocycles. The molecule has 0 unspecified atom stereocenters. The Morgan fingerprint density at radius 1 is 1.65 bits per heavy atom. The van der Waals surface area contributed by atoms with Gasteiger partial charge in [-0.05, 0) is 22.9 Å². The van der Waals surface area contributed by atoms with E-state index >= 15 is 0 Å². The van der Waals surface area contributed by atoms with Crippen LogP contribution in [0.4, 0.5) is 14.5 Å². The quantitative estimate of drug-likeness (QED) is 0.868. The number of hydrogen-bond acceptors (Lipinski definition) is 4. The molecule has 0 saturated carbocycles. The number of halogens is 3. The van der Waals surface area contributed by atoms with E-state index in [-0.39, 0.29) is 34.4 Å². The van der Waals surface area contributed by atoms with Crippen LogP contribution in [0.25, 0.3) is 0 Å². The van der Waals surface area contributed by atoms with Gasteiger partial charge in [0, 0.05) is 10.7 Å². The van der Waals surface area contributed by atoms with E-state index in [2.05, 4.69) is 20.9 Å². The first-order chi connectivity index (χ1) is 7.97. The Morgan fingerprint density at radius 3 is 2.82 bits per heavy atom. The Bertz CT molecular complexity index is 427. The van der Waals surface area contributed by atoms with Crippen LogP contribution in [0, 0.1) is 0 Å². The molecule has 17 heavy (non-hydrogen) atoms. The van der Waals surface area contributed by atoms with E-state index in [1.165, 1.54) is 6.20 Å². The maximum Gasteiger partial charge on any atom is 0.311 e. The van der Waals surface area contributed by atoms with Gasteiger partial charge in [0.1, 0.15) is 0 Å². The number of alkyl halides is 2. The lowest BCUT2D eigenvalue weighted by Gasteiger charge is -2.11. The molecule has 0 radical (unpaired) electrons. The lowest BCUT2D eigenvalue weighted by molar-refractivity contribution is -0.142. The summed E-state index contributed by atoms with van der Waals surface area (Å²) in [6.45, 7) is 1.87. The molecule has 2 N–H and O–H groups in total. The first-order valence-corrected chi connectivity index (χ1v) is 5.63. The summed E-state index contributed by atoms with van der Waals surface area (Å²) in [6, 6.07) is 0. The predicted octanol–water partition coefficient (Wildman–Crippen LogP) is 2.47. The second kappa shape index (κ2) is 5.90. The number of carbonyl (C=O) groups is 1. The summed E-state index contributed by atoms with van der Waals surface area (Å²) in [7, 11) is 0. The van der Waals surface area contributed by atoms with Gasteiger partial charge < -0.3 is 10.5 Å². The number of nitrogen functional groups attached to an aromatic ring is 1. The molecule has 4 nitrogen and oxygen atoms in total. The van der Waals surface area contributed by atoms with Crippen LogP contribution in [-0.4, -0.2) is 17.6 Å². The second-order valence-electron chi connectivity index (χ2n) is 3.16. The number of anilines is 1. The zero-order valence-electron chi connectivity index (χ0n) is 9.04. The number of esters is 1. The monoisotopic (exact) mass is 308 g/mol. The van der Waals surface area contributed by atoms with Crippen molar-refractivity contribution in [2.45, 2.75) is 19.8 Å². The molecule has 0 fully saturated rings. The van der Waals surface area contributed by atoms with Crippen molar-refractivity contribution >= 4 is 27.6 Å². The molecule has 0 saturated heterocycles. The summed E-state index contributed by atoms with van der Waals surface area (Å²) in [5.41, 5.74) is 5.12. The smallest absolute Gasteiger partial charge is 0.311 e. The minimum absolute atomic E-state index is 0.0990. The van der Waals surface area contributed by atoms with Gasteiger partial charge in [0.15, 0.2) is 0 Å². The molecule has 7 heteroatoms. The number of ether oxygens (including phenoxy) is 1. The predicted molar refractivity (Wildman–Crippen MR) is 61.6 cm³/mol. The summed E-state index contributed by atoms with van der Waals surface area (Å²) in [5.74, 6) is -0.547. The number of pyridine rings is 1. The van der Waals surface area contributed by atoms with Crippen molar-refractivity contribution in [1.82, 2.24) is 4.98 Å². The van der Waals surface area contributed by atoms with Gasteiger partial charge in [-0.1, -0.05) is 0 Å². The summed E-state index contributed by atoms with van der Waals surface area (Å²) in [5, 5.41) is 0. The van der Waals surface area contributed by atoms with E-state index in [1.807, 2.05) is 0 Å². The van der Waals surface area contributed by atoms with Crippen LogP contribution >= 0.6 is 15.9 Å². The Hall–Kier alpha value is -1.24. The highest BCUT2D eigenvalue weighted by atomic mass is 79.9. The zero-order chi connectivity index (χ0) is 13.0. The minimum Gasteiger partial charge on any atom is -0.466 e. The summed E-state index contributed by atoms with van der Waals surface area (Å²) in [4.78, 5) is 15.1. The van der Waals surface area contributed by atoms with Crippen molar-refractivity contribution < 1.29 is 18.3 Å². The molecule has 0 aliphatic heterocycles. The van der Waals surface area contributed by atoms with Crippen LogP contribution in [-0.2, 0) is 16.0 Å². The molecule has 1 rings (SSSR count). The highest BCUT2D eigenvalue weighted by Gasteiger charge is 2.20. The summed E-state index contributed by atoms with van der Waals surface area (Å²) >= 11 is 2.94. The third-order valence-corrected chi connectivity index (χ3v) is 2.66. The Labute approximate surface area is 105 Å². The van der Waals surface area contributed by atoms with Crippen molar-refractivity contribution in [3.63, 3.8) is 0 Å². The highest BCUT2D eigenvalue weighted by Crippen LogP contribution is 2.33. The first-order valence-electron chi connectivity index (χ1n) is 4.83. The van der Waals surface area contributed by atoms with E-state index in [0.717, 1.165) is 0 Å². The first kappa shape index (κ1) is 13.8. The van der Waals surface area contributed by atoms with Gasteiger partial charge in [0.25, 0.3) is 6.43 Å². The van der Waals surface area contributed by atoms with Crippen LogP contribution in [0.1, 0.15) is 24.6 Å². The Kier molecular flexibility index (Phi) is 4.80. The Morgan fingerprint density at radius 2 is 2.29 bits per heavy atom. The van der Waals surface area contributed by atoms with Crippen molar-refractivity contribution in [3.8, 4) is 0 Å². The van der Waals surface area contributed by atoms with Crippen LogP contribution in [0.5, 0.6) is 0 Å². The maximum absolute atomic E-state index is 12.7. The number of hydrogen-bond donors (Lipinski definition) is 1. The van der Waals surface area contributed by atoms with E-state index < -0.39 is 12.4 Å². The fourth-order valence-corrected chi connectivity index (χ4v) is 1.76.